The molecule has 0 atom stereocenters. The minimum absolute atomic E-state index is 0.132. The SMILES string of the molecule is COc1ccc(S(N)(=O)=O)cc1C(=O)NCCCN(C)c1ccccc1. The number of hydrogen-bond donors (Lipinski definition) is 2. The van der Waals surface area contributed by atoms with E-state index in [0.717, 1.165) is 18.7 Å². The number of primary sulfonamides is 1. The maximum absolute atomic E-state index is 12.4. The van der Waals surface area contributed by atoms with Crippen molar-refractivity contribution < 1.29 is 17.9 Å². The molecule has 140 valence electrons. The first-order valence-electron chi connectivity index (χ1n) is 8.08. The quantitative estimate of drug-likeness (QED) is 0.681. The summed E-state index contributed by atoms with van der Waals surface area (Å²) < 4.78 is 28.1. The van der Waals surface area contributed by atoms with Crippen molar-refractivity contribution in [3.05, 3.63) is 54.1 Å². The van der Waals surface area contributed by atoms with Crippen molar-refractivity contribution in [2.45, 2.75) is 11.3 Å². The normalized spacial score (nSPS) is 11.0. The van der Waals surface area contributed by atoms with E-state index in [-0.39, 0.29) is 16.2 Å². The Morgan fingerprint density at radius 3 is 2.50 bits per heavy atom. The molecule has 0 radical (unpaired) electrons. The highest BCUT2D eigenvalue weighted by Gasteiger charge is 2.17. The van der Waals surface area contributed by atoms with E-state index in [0.29, 0.717) is 6.54 Å². The number of nitrogens with zero attached hydrogens (tertiary/aromatic N) is 1. The third-order valence-corrected chi connectivity index (χ3v) is 4.81. The maximum atomic E-state index is 12.4. The standard InChI is InChI=1S/C18H23N3O4S/c1-21(14-7-4-3-5-8-14)12-6-11-20-18(22)16-13-15(26(19,23)24)9-10-17(16)25-2/h3-5,7-10,13H,6,11-12H2,1-2H3,(H,20,22)(H2,19,23,24). The Labute approximate surface area is 153 Å². The van der Waals surface area contributed by atoms with E-state index in [9.17, 15) is 13.2 Å². The van der Waals surface area contributed by atoms with Crippen LogP contribution in [0.25, 0.3) is 0 Å². The van der Waals surface area contributed by atoms with Gasteiger partial charge in [-0.1, -0.05) is 18.2 Å². The Kier molecular flexibility index (Phi) is 6.59. The van der Waals surface area contributed by atoms with Crippen LogP contribution < -0.4 is 20.1 Å². The summed E-state index contributed by atoms with van der Waals surface area (Å²) in [4.78, 5) is 14.3. The average molecular weight is 377 g/mol. The van der Waals surface area contributed by atoms with Gasteiger partial charge in [0.05, 0.1) is 17.6 Å². The Hall–Kier alpha value is -2.58. The molecule has 0 aromatic heterocycles. The van der Waals surface area contributed by atoms with Crippen molar-refractivity contribution in [2.75, 3.05) is 32.1 Å². The summed E-state index contributed by atoms with van der Waals surface area (Å²) in [5, 5.41) is 7.90. The van der Waals surface area contributed by atoms with Crippen molar-refractivity contribution >= 4 is 21.6 Å². The lowest BCUT2D eigenvalue weighted by atomic mass is 10.2. The van der Waals surface area contributed by atoms with E-state index in [1.807, 2.05) is 37.4 Å². The molecular formula is C18H23N3O4S. The van der Waals surface area contributed by atoms with Gasteiger partial charge in [0.2, 0.25) is 10.0 Å². The molecule has 0 saturated heterocycles. The maximum Gasteiger partial charge on any atom is 0.255 e. The molecule has 0 aliphatic heterocycles. The number of amides is 1. The van der Waals surface area contributed by atoms with Crippen LogP contribution in [0.1, 0.15) is 16.8 Å². The van der Waals surface area contributed by atoms with Crippen LogP contribution in [-0.4, -0.2) is 41.6 Å². The number of anilines is 1. The number of nitrogens with one attached hydrogen (secondary N) is 1. The first-order valence-corrected chi connectivity index (χ1v) is 9.63. The molecule has 0 aliphatic rings. The van der Waals surface area contributed by atoms with Crippen LogP contribution in [0.4, 0.5) is 5.69 Å². The van der Waals surface area contributed by atoms with Gasteiger partial charge in [-0.2, -0.15) is 0 Å². The van der Waals surface area contributed by atoms with Gasteiger partial charge in [-0.05, 0) is 36.8 Å². The van der Waals surface area contributed by atoms with Crippen molar-refractivity contribution in [1.29, 1.82) is 0 Å². The molecule has 0 aliphatic carbocycles. The summed E-state index contributed by atoms with van der Waals surface area (Å²) in [6.07, 6.45) is 0.730. The molecule has 3 N–H and O–H groups in total. The van der Waals surface area contributed by atoms with Crippen LogP contribution in [0.3, 0.4) is 0 Å². The molecular weight excluding hydrogens is 354 g/mol. The molecule has 0 heterocycles. The highest BCUT2D eigenvalue weighted by Crippen LogP contribution is 2.21. The highest BCUT2D eigenvalue weighted by molar-refractivity contribution is 7.89. The fourth-order valence-electron chi connectivity index (χ4n) is 2.47. The molecule has 0 bridgehead atoms. The van der Waals surface area contributed by atoms with E-state index in [2.05, 4.69) is 10.2 Å². The van der Waals surface area contributed by atoms with Crippen molar-refractivity contribution in [3.8, 4) is 5.75 Å². The van der Waals surface area contributed by atoms with Gasteiger partial charge < -0.3 is 15.0 Å². The fraction of sp³-hybridized carbons (Fsp3) is 0.278. The van der Waals surface area contributed by atoms with Gasteiger partial charge >= 0.3 is 0 Å². The second-order valence-corrected chi connectivity index (χ2v) is 7.34. The van der Waals surface area contributed by atoms with Gasteiger partial charge in [0.25, 0.3) is 5.91 Å². The zero-order valence-electron chi connectivity index (χ0n) is 14.8. The first-order chi connectivity index (χ1) is 12.3. The second-order valence-electron chi connectivity index (χ2n) is 5.77. The third-order valence-electron chi connectivity index (χ3n) is 3.90. The number of methoxy groups -OCH3 is 1. The van der Waals surface area contributed by atoms with Gasteiger partial charge in [0, 0.05) is 25.8 Å². The van der Waals surface area contributed by atoms with Gasteiger partial charge in [-0.15, -0.1) is 0 Å². The zero-order valence-corrected chi connectivity index (χ0v) is 15.6. The number of benzene rings is 2. The number of carbonyl (C=O) groups excluding carboxylic acids is 1. The van der Waals surface area contributed by atoms with Crippen LogP contribution in [-0.2, 0) is 10.0 Å². The molecule has 2 rings (SSSR count). The van der Waals surface area contributed by atoms with E-state index in [1.54, 1.807) is 0 Å². The lowest BCUT2D eigenvalue weighted by Gasteiger charge is -2.19. The summed E-state index contributed by atoms with van der Waals surface area (Å²) >= 11 is 0. The zero-order chi connectivity index (χ0) is 19.2. The van der Waals surface area contributed by atoms with E-state index >= 15 is 0 Å². The number of sulfonamides is 1. The molecule has 0 spiro atoms. The lowest BCUT2D eigenvalue weighted by molar-refractivity contribution is 0.0950. The van der Waals surface area contributed by atoms with Gasteiger partial charge in [-0.3, -0.25) is 4.79 Å². The molecule has 8 heteroatoms. The van der Waals surface area contributed by atoms with Crippen molar-refractivity contribution in [3.63, 3.8) is 0 Å². The van der Waals surface area contributed by atoms with Gasteiger partial charge in [0.1, 0.15) is 5.75 Å². The van der Waals surface area contributed by atoms with Gasteiger partial charge in [0.15, 0.2) is 0 Å². The highest BCUT2D eigenvalue weighted by atomic mass is 32.2. The Balaban J connectivity index is 1.95. The van der Waals surface area contributed by atoms with Crippen molar-refractivity contribution in [1.82, 2.24) is 5.32 Å². The Morgan fingerprint density at radius 2 is 1.88 bits per heavy atom. The smallest absolute Gasteiger partial charge is 0.255 e. The number of rotatable bonds is 8. The summed E-state index contributed by atoms with van der Waals surface area (Å²) in [5.74, 6) is -0.119. The molecule has 0 unspecified atom stereocenters. The molecule has 26 heavy (non-hydrogen) atoms. The lowest BCUT2D eigenvalue weighted by Crippen LogP contribution is -2.28. The monoisotopic (exact) mass is 377 g/mol. The molecule has 7 nitrogen and oxygen atoms in total. The van der Waals surface area contributed by atoms with Crippen LogP contribution in [0, 0.1) is 0 Å². The summed E-state index contributed by atoms with van der Waals surface area (Å²) in [5.41, 5.74) is 1.23. The van der Waals surface area contributed by atoms with Crippen molar-refractivity contribution in [2.24, 2.45) is 5.14 Å². The summed E-state index contributed by atoms with van der Waals surface area (Å²) in [6, 6.07) is 13.9. The molecule has 1 amide bonds. The van der Waals surface area contributed by atoms with E-state index in [1.165, 1.54) is 25.3 Å². The Bertz CT molecular complexity index is 854. The summed E-state index contributed by atoms with van der Waals surface area (Å²) in [6.45, 7) is 1.21. The predicted octanol–water partition coefficient (Wildman–Crippen LogP) is 1.60. The average Bonchev–Trinajstić information content (AvgIpc) is 2.64. The van der Waals surface area contributed by atoms with Crippen LogP contribution in [0.15, 0.2) is 53.4 Å². The third kappa shape index (κ3) is 5.21. The fourth-order valence-corrected chi connectivity index (χ4v) is 3.01. The number of ether oxygens (including phenoxy) is 1. The Morgan fingerprint density at radius 1 is 1.19 bits per heavy atom. The minimum Gasteiger partial charge on any atom is -0.496 e. The van der Waals surface area contributed by atoms with Crippen LogP contribution in [0.2, 0.25) is 0 Å². The summed E-state index contributed by atoms with van der Waals surface area (Å²) in [7, 11) is -0.497. The topological polar surface area (TPSA) is 102 Å². The number of nitrogens with two attached hydrogens (primary N) is 1. The predicted molar refractivity (Wildman–Crippen MR) is 101 cm³/mol. The number of para-hydroxylation sites is 1. The molecule has 0 saturated carbocycles. The molecule has 2 aromatic carbocycles. The molecule has 2 aromatic rings. The van der Waals surface area contributed by atoms with Crippen LogP contribution >= 0.6 is 0 Å². The van der Waals surface area contributed by atoms with E-state index < -0.39 is 15.9 Å². The minimum atomic E-state index is -3.89. The first kappa shape index (κ1) is 19.7. The van der Waals surface area contributed by atoms with E-state index in [4.69, 9.17) is 9.88 Å². The number of carbonyl (C=O) groups is 1. The second kappa shape index (κ2) is 8.68. The largest absolute Gasteiger partial charge is 0.496 e. The van der Waals surface area contributed by atoms with Gasteiger partial charge in [-0.25, -0.2) is 13.6 Å². The molecule has 0 fully saturated rings. The number of hydrogen-bond acceptors (Lipinski definition) is 5. The van der Waals surface area contributed by atoms with Crippen LogP contribution in [0.5, 0.6) is 5.75 Å².